The minimum atomic E-state index is 0.938. The molecule has 3 nitrogen and oxygen atoms in total. The van der Waals surface area contributed by atoms with Crippen molar-refractivity contribution >= 4 is 6.21 Å². The highest BCUT2D eigenvalue weighted by Gasteiger charge is 1.81. The Balaban J connectivity index is 2.77. The van der Waals surface area contributed by atoms with Crippen molar-refractivity contribution in [1.29, 1.82) is 0 Å². The third-order valence-electron chi connectivity index (χ3n) is 0.790. The molecule has 0 fully saturated rings. The lowest BCUT2D eigenvalue weighted by Crippen LogP contribution is -1.77. The largest absolute Gasteiger partial charge is 0.294 e. The maximum atomic E-state index is 3.78. The number of hydrogen-bond acceptors (Lipinski definition) is 2. The number of aromatic nitrogens is 2. The standard InChI is InChI=1S/C5H7N3/c1-6-4-5-2-3-7-8-5/h2-4H,1H3,(H,7,8). The fraction of sp³-hybridized carbons (Fsp3) is 0.200. The molecule has 0 radical (unpaired) electrons. The van der Waals surface area contributed by atoms with Gasteiger partial charge >= 0.3 is 0 Å². The Kier molecular flexibility index (Phi) is 1.42. The maximum absolute atomic E-state index is 3.78. The lowest BCUT2D eigenvalue weighted by molar-refractivity contribution is 1.08. The Morgan fingerprint density at radius 1 is 1.88 bits per heavy atom. The van der Waals surface area contributed by atoms with Crippen LogP contribution in [0.4, 0.5) is 0 Å². The van der Waals surface area contributed by atoms with Crippen LogP contribution in [0.5, 0.6) is 0 Å². The molecule has 1 rings (SSSR count). The van der Waals surface area contributed by atoms with Gasteiger partial charge in [0, 0.05) is 19.5 Å². The Bertz CT molecular complexity index is 164. The lowest BCUT2D eigenvalue weighted by atomic mass is 10.5. The highest BCUT2D eigenvalue weighted by atomic mass is 15.1. The molecule has 0 aromatic carbocycles. The summed E-state index contributed by atoms with van der Waals surface area (Å²) in [5.74, 6) is 0. The topological polar surface area (TPSA) is 41.0 Å². The molecule has 0 aliphatic rings. The molecule has 1 aromatic heterocycles. The highest BCUT2D eigenvalue weighted by molar-refractivity contribution is 5.76. The van der Waals surface area contributed by atoms with Gasteiger partial charge in [-0.2, -0.15) is 5.10 Å². The van der Waals surface area contributed by atoms with E-state index < -0.39 is 0 Å². The molecular formula is C5H7N3. The van der Waals surface area contributed by atoms with Gasteiger partial charge in [0.15, 0.2) is 0 Å². The summed E-state index contributed by atoms with van der Waals surface area (Å²) < 4.78 is 0. The van der Waals surface area contributed by atoms with Crippen molar-refractivity contribution in [2.75, 3.05) is 7.05 Å². The molecule has 8 heavy (non-hydrogen) atoms. The van der Waals surface area contributed by atoms with Crippen LogP contribution in [0.15, 0.2) is 17.3 Å². The van der Waals surface area contributed by atoms with E-state index in [4.69, 9.17) is 0 Å². The molecule has 0 spiro atoms. The number of hydrogen-bond donors (Lipinski definition) is 1. The van der Waals surface area contributed by atoms with Gasteiger partial charge in [0.1, 0.15) is 0 Å². The molecule has 0 saturated carbocycles. The molecular weight excluding hydrogens is 102 g/mol. The molecule has 0 unspecified atom stereocenters. The quantitative estimate of drug-likeness (QED) is 0.523. The Morgan fingerprint density at radius 3 is 3.25 bits per heavy atom. The van der Waals surface area contributed by atoms with Crippen LogP contribution < -0.4 is 0 Å². The van der Waals surface area contributed by atoms with E-state index in [9.17, 15) is 0 Å². The normalized spacial score (nSPS) is 10.6. The first-order chi connectivity index (χ1) is 3.93. The minimum absolute atomic E-state index is 0.938. The molecule has 0 bridgehead atoms. The second kappa shape index (κ2) is 2.26. The van der Waals surface area contributed by atoms with E-state index in [-0.39, 0.29) is 0 Å². The number of aromatic amines is 1. The van der Waals surface area contributed by atoms with Crippen molar-refractivity contribution in [3.63, 3.8) is 0 Å². The van der Waals surface area contributed by atoms with Crippen molar-refractivity contribution in [3.8, 4) is 0 Å². The van der Waals surface area contributed by atoms with Crippen LogP contribution in [0.25, 0.3) is 0 Å². The van der Waals surface area contributed by atoms with Gasteiger partial charge in [-0.05, 0) is 6.07 Å². The molecule has 3 heteroatoms. The molecule has 1 aromatic rings. The van der Waals surface area contributed by atoms with Crippen LogP contribution in [0.2, 0.25) is 0 Å². The predicted molar refractivity (Wildman–Crippen MR) is 32.1 cm³/mol. The predicted octanol–water partition coefficient (Wildman–Crippen LogP) is 0.458. The van der Waals surface area contributed by atoms with Crippen LogP contribution >= 0.6 is 0 Å². The molecule has 0 amide bonds. The minimum Gasteiger partial charge on any atom is -0.294 e. The maximum Gasteiger partial charge on any atom is 0.0755 e. The Hall–Kier alpha value is -1.12. The summed E-state index contributed by atoms with van der Waals surface area (Å²) in [4.78, 5) is 3.78. The number of aliphatic imine (C=N–C) groups is 1. The van der Waals surface area contributed by atoms with E-state index in [2.05, 4.69) is 15.2 Å². The summed E-state index contributed by atoms with van der Waals surface area (Å²) in [6, 6.07) is 1.85. The fourth-order valence-electron chi connectivity index (χ4n) is 0.478. The first-order valence-corrected chi connectivity index (χ1v) is 2.35. The lowest BCUT2D eigenvalue weighted by Gasteiger charge is -1.75. The van der Waals surface area contributed by atoms with E-state index >= 15 is 0 Å². The van der Waals surface area contributed by atoms with Gasteiger partial charge in [0.25, 0.3) is 0 Å². The number of rotatable bonds is 1. The van der Waals surface area contributed by atoms with Crippen molar-refractivity contribution in [2.24, 2.45) is 4.99 Å². The second-order valence-electron chi connectivity index (χ2n) is 1.40. The van der Waals surface area contributed by atoms with Gasteiger partial charge in [-0.15, -0.1) is 0 Å². The van der Waals surface area contributed by atoms with E-state index in [0.717, 1.165) is 5.69 Å². The molecule has 1 heterocycles. The highest BCUT2D eigenvalue weighted by Crippen LogP contribution is 1.83. The van der Waals surface area contributed by atoms with Crippen LogP contribution in [-0.2, 0) is 0 Å². The van der Waals surface area contributed by atoms with Crippen molar-refractivity contribution in [2.45, 2.75) is 0 Å². The SMILES string of the molecule is CN=Cc1ccn[nH]1. The summed E-state index contributed by atoms with van der Waals surface area (Å²) in [5.41, 5.74) is 0.938. The second-order valence-corrected chi connectivity index (χ2v) is 1.40. The summed E-state index contributed by atoms with van der Waals surface area (Å²) in [5, 5.41) is 6.46. The molecule has 0 saturated heterocycles. The first kappa shape index (κ1) is 5.03. The average molecular weight is 109 g/mol. The number of nitrogens with zero attached hydrogens (tertiary/aromatic N) is 2. The number of H-pyrrole nitrogens is 1. The van der Waals surface area contributed by atoms with E-state index in [1.54, 1.807) is 19.5 Å². The Morgan fingerprint density at radius 2 is 2.75 bits per heavy atom. The molecule has 0 aliphatic carbocycles. The van der Waals surface area contributed by atoms with Gasteiger partial charge in [-0.25, -0.2) is 0 Å². The Labute approximate surface area is 47.5 Å². The first-order valence-electron chi connectivity index (χ1n) is 2.35. The zero-order valence-corrected chi connectivity index (χ0v) is 4.63. The van der Waals surface area contributed by atoms with Crippen LogP contribution in [-0.4, -0.2) is 23.5 Å². The zero-order valence-electron chi connectivity index (χ0n) is 4.63. The summed E-state index contributed by atoms with van der Waals surface area (Å²) >= 11 is 0. The fourth-order valence-corrected chi connectivity index (χ4v) is 0.478. The van der Waals surface area contributed by atoms with Crippen LogP contribution in [0.1, 0.15) is 5.69 Å². The molecule has 1 N–H and O–H groups in total. The van der Waals surface area contributed by atoms with Crippen molar-refractivity contribution < 1.29 is 0 Å². The van der Waals surface area contributed by atoms with E-state index in [1.807, 2.05) is 6.07 Å². The summed E-state index contributed by atoms with van der Waals surface area (Å²) in [7, 11) is 1.72. The van der Waals surface area contributed by atoms with Gasteiger partial charge in [0.2, 0.25) is 0 Å². The third-order valence-corrected chi connectivity index (χ3v) is 0.790. The van der Waals surface area contributed by atoms with Crippen molar-refractivity contribution in [3.05, 3.63) is 18.0 Å². The van der Waals surface area contributed by atoms with Gasteiger partial charge in [-0.1, -0.05) is 0 Å². The van der Waals surface area contributed by atoms with Crippen molar-refractivity contribution in [1.82, 2.24) is 10.2 Å². The summed E-state index contributed by atoms with van der Waals surface area (Å²) in [6.45, 7) is 0. The van der Waals surface area contributed by atoms with Gasteiger partial charge < -0.3 is 0 Å². The molecule has 0 aliphatic heterocycles. The zero-order chi connectivity index (χ0) is 5.82. The molecule has 0 atom stereocenters. The third kappa shape index (κ3) is 0.932. The van der Waals surface area contributed by atoms with E-state index in [1.165, 1.54) is 0 Å². The van der Waals surface area contributed by atoms with Crippen LogP contribution in [0, 0.1) is 0 Å². The monoisotopic (exact) mass is 109 g/mol. The summed E-state index contributed by atoms with van der Waals surface area (Å²) in [6.07, 6.45) is 3.41. The smallest absolute Gasteiger partial charge is 0.0755 e. The van der Waals surface area contributed by atoms with Gasteiger partial charge in [-0.3, -0.25) is 10.1 Å². The van der Waals surface area contributed by atoms with Crippen LogP contribution in [0.3, 0.4) is 0 Å². The number of nitrogens with one attached hydrogen (secondary N) is 1. The molecule has 42 valence electrons. The van der Waals surface area contributed by atoms with Gasteiger partial charge in [0.05, 0.1) is 5.69 Å². The average Bonchev–Trinajstić information content (AvgIpc) is 2.19. The van der Waals surface area contributed by atoms with E-state index in [0.29, 0.717) is 0 Å².